The van der Waals surface area contributed by atoms with Gasteiger partial charge in [-0.05, 0) is 55.9 Å². The fourth-order valence-electron chi connectivity index (χ4n) is 1.68. The van der Waals surface area contributed by atoms with E-state index in [0.717, 1.165) is 14.0 Å². The Bertz CT molecular complexity index is 472. The number of aromatic nitrogens is 2. The zero-order chi connectivity index (χ0) is 11.7. The Morgan fingerprint density at radius 2 is 2.25 bits per heavy atom. The summed E-state index contributed by atoms with van der Waals surface area (Å²) in [6, 6.07) is 2.29. The molecule has 0 aliphatic heterocycles. The maximum absolute atomic E-state index is 4.24. The summed E-state index contributed by atoms with van der Waals surface area (Å²) in [7, 11) is 3.90. The summed E-state index contributed by atoms with van der Waals surface area (Å²) in [5.74, 6) is 0. The second kappa shape index (κ2) is 5.00. The largest absolute Gasteiger partial charge is 0.308 e. The molecule has 0 aromatic carbocycles. The summed E-state index contributed by atoms with van der Waals surface area (Å²) in [6.07, 6.45) is 1.82. The molecule has 1 atom stereocenters. The maximum Gasteiger partial charge on any atom is 0.0765 e. The SMILES string of the molecule is CNC(c1csc(Br)c1)c1c(Br)cnn1C. The first-order valence-electron chi connectivity index (χ1n) is 4.72. The Labute approximate surface area is 115 Å². The highest BCUT2D eigenvalue weighted by Crippen LogP contribution is 2.32. The second-order valence-electron chi connectivity index (χ2n) is 3.41. The van der Waals surface area contributed by atoms with Crippen molar-refractivity contribution < 1.29 is 0 Å². The Morgan fingerprint density at radius 3 is 2.69 bits per heavy atom. The summed E-state index contributed by atoms with van der Waals surface area (Å²) < 4.78 is 4.05. The summed E-state index contributed by atoms with van der Waals surface area (Å²) in [4.78, 5) is 0. The molecule has 0 bridgehead atoms. The van der Waals surface area contributed by atoms with Crippen LogP contribution in [-0.4, -0.2) is 16.8 Å². The predicted molar refractivity (Wildman–Crippen MR) is 73.8 cm³/mol. The molecule has 0 amide bonds. The third kappa shape index (κ3) is 2.25. The first-order valence-corrected chi connectivity index (χ1v) is 7.18. The highest BCUT2D eigenvalue weighted by atomic mass is 79.9. The van der Waals surface area contributed by atoms with E-state index in [9.17, 15) is 0 Å². The van der Waals surface area contributed by atoms with E-state index in [1.807, 2.05) is 25.0 Å². The van der Waals surface area contributed by atoms with Gasteiger partial charge in [0, 0.05) is 7.05 Å². The van der Waals surface area contributed by atoms with Gasteiger partial charge in [0.05, 0.1) is 26.2 Å². The second-order valence-corrected chi connectivity index (χ2v) is 6.55. The summed E-state index contributed by atoms with van der Waals surface area (Å²) in [5.41, 5.74) is 2.37. The number of nitrogens with one attached hydrogen (secondary N) is 1. The molecule has 1 unspecified atom stereocenters. The topological polar surface area (TPSA) is 29.9 Å². The highest BCUT2D eigenvalue weighted by Gasteiger charge is 2.19. The van der Waals surface area contributed by atoms with Crippen LogP contribution in [-0.2, 0) is 7.05 Å². The van der Waals surface area contributed by atoms with Crippen molar-refractivity contribution in [2.24, 2.45) is 7.05 Å². The van der Waals surface area contributed by atoms with Gasteiger partial charge in [0.2, 0.25) is 0 Å². The molecule has 86 valence electrons. The van der Waals surface area contributed by atoms with Gasteiger partial charge in [-0.25, -0.2) is 0 Å². The minimum Gasteiger partial charge on any atom is -0.308 e. The normalized spacial score (nSPS) is 13.0. The third-order valence-corrected chi connectivity index (χ3v) is 4.55. The van der Waals surface area contributed by atoms with Crippen molar-refractivity contribution >= 4 is 43.2 Å². The van der Waals surface area contributed by atoms with E-state index in [1.54, 1.807) is 11.3 Å². The van der Waals surface area contributed by atoms with Crippen molar-refractivity contribution in [2.45, 2.75) is 6.04 Å². The lowest BCUT2D eigenvalue weighted by Gasteiger charge is -2.16. The standard InChI is InChI=1S/C10H11Br2N3S/c1-13-9(6-3-8(12)16-5-6)10-7(11)4-14-15(10)2/h3-5,9,13H,1-2H3. The Hall–Kier alpha value is -0.170. The van der Waals surface area contributed by atoms with E-state index in [-0.39, 0.29) is 6.04 Å². The summed E-state index contributed by atoms with van der Waals surface area (Å²) >= 11 is 8.71. The van der Waals surface area contributed by atoms with Gasteiger partial charge in [-0.15, -0.1) is 11.3 Å². The van der Waals surface area contributed by atoms with Crippen LogP contribution in [0.1, 0.15) is 17.3 Å². The molecule has 0 saturated carbocycles. The monoisotopic (exact) mass is 363 g/mol. The molecule has 2 heterocycles. The molecule has 0 fully saturated rings. The molecule has 1 N–H and O–H groups in total. The van der Waals surface area contributed by atoms with Gasteiger partial charge in [0.25, 0.3) is 0 Å². The zero-order valence-electron chi connectivity index (χ0n) is 8.87. The lowest BCUT2D eigenvalue weighted by Crippen LogP contribution is -2.20. The van der Waals surface area contributed by atoms with E-state index in [4.69, 9.17) is 0 Å². The van der Waals surface area contributed by atoms with Crippen LogP contribution in [0.3, 0.4) is 0 Å². The van der Waals surface area contributed by atoms with E-state index < -0.39 is 0 Å². The highest BCUT2D eigenvalue weighted by molar-refractivity contribution is 9.11. The Kier molecular flexibility index (Phi) is 3.84. The first-order chi connectivity index (χ1) is 7.63. The first kappa shape index (κ1) is 12.3. The van der Waals surface area contributed by atoms with Gasteiger partial charge in [-0.2, -0.15) is 5.10 Å². The molecule has 16 heavy (non-hydrogen) atoms. The van der Waals surface area contributed by atoms with Gasteiger partial charge >= 0.3 is 0 Å². The van der Waals surface area contributed by atoms with Crippen molar-refractivity contribution in [1.82, 2.24) is 15.1 Å². The van der Waals surface area contributed by atoms with E-state index in [0.29, 0.717) is 0 Å². The number of hydrogen-bond acceptors (Lipinski definition) is 3. The minimum atomic E-state index is 0.157. The van der Waals surface area contributed by atoms with Crippen LogP contribution >= 0.6 is 43.2 Å². The van der Waals surface area contributed by atoms with Crippen LogP contribution in [0, 0.1) is 0 Å². The van der Waals surface area contributed by atoms with Crippen molar-refractivity contribution in [2.75, 3.05) is 7.05 Å². The average molecular weight is 365 g/mol. The summed E-state index contributed by atoms with van der Waals surface area (Å²) in [6.45, 7) is 0. The molecule has 2 aromatic rings. The molecular weight excluding hydrogens is 354 g/mol. The summed E-state index contributed by atoms with van der Waals surface area (Å²) in [5, 5.41) is 9.69. The molecule has 2 rings (SSSR count). The predicted octanol–water partition coefficient (Wildman–Crippen LogP) is 3.32. The van der Waals surface area contributed by atoms with Crippen LogP contribution in [0.15, 0.2) is 25.9 Å². The maximum atomic E-state index is 4.24. The smallest absolute Gasteiger partial charge is 0.0765 e. The average Bonchev–Trinajstić information content (AvgIpc) is 2.80. The lowest BCUT2D eigenvalue weighted by molar-refractivity contribution is 0.605. The van der Waals surface area contributed by atoms with Crippen LogP contribution < -0.4 is 5.32 Å². The number of halogens is 2. The number of aryl methyl sites for hydroxylation is 1. The zero-order valence-corrected chi connectivity index (χ0v) is 12.9. The van der Waals surface area contributed by atoms with Crippen molar-refractivity contribution in [3.63, 3.8) is 0 Å². The van der Waals surface area contributed by atoms with Crippen molar-refractivity contribution in [3.05, 3.63) is 37.2 Å². The number of nitrogens with zero attached hydrogens (tertiary/aromatic N) is 2. The van der Waals surface area contributed by atoms with Crippen molar-refractivity contribution in [3.8, 4) is 0 Å². The van der Waals surface area contributed by atoms with E-state index >= 15 is 0 Å². The third-order valence-electron chi connectivity index (χ3n) is 2.42. The number of thiophene rings is 1. The molecule has 0 radical (unpaired) electrons. The minimum absolute atomic E-state index is 0.157. The van der Waals surface area contributed by atoms with Gasteiger partial charge in [-0.3, -0.25) is 4.68 Å². The van der Waals surface area contributed by atoms with Crippen LogP contribution in [0.25, 0.3) is 0 Å². The molecule has 0 saturated heterocycles. The molecule has 6 heteroatoms. The van der Waals surface area contributed by atoms with Gasteiger partial charge in [0.15, 0.2) is 0 Å². The molecule has 3 nitrogen and oxygen atoms in total. The molecular formula is C10H11Br2N3S. The molecule has 2 aromatic heterocycles. The lowest BCUT2D eigenvalue weighted by atomic mass is 10.1. The van der Waals surface area contributed by atoms with E-state index in [2.05, 4.69) is 53.7 Å². The molecule has 0 aliphatic rings. The fourth-order valence-corrected chi connectivity index (χ4v) is 3.46. The Balaban J connectivity index is 2.44. The Morgan fingerprint density at radius 1 is 1.50 bits per heavy atom. The van der Waals surface area contributed by atoms with Gasteiger partial charge < -0.3 is 5.32 Å². The van der Waals surface area contributed by atoms with Crippen LogP contribution in [0.4, 0.5) is 0 Å². The fraction of sp³-hybridized carbons (Fsp3) is 0.300. The van der Waals surface area contributed by atoms with Crippen LogP contribution in [0.2, 0.25) is 0 Å². The van der Waals surface area contributed by atoms with Crippen molar-refractivity contribution in [1.29, 1.82) is 0 Å². The molecule has 0 aliphatic carbocycles. The number of rotatable bonds is 3. The van der Waals surface area contributed by atoms with Crippen LogP contribution in [0.5, 0.6) is 0 Å². The van der Waals surface area contributed by atoms with E-state index in [1.165, 1.54) is 5.56 Å². The quantitative estimate of drug-likeness (QED) is 0.905. The van der Waals surface area contributed by atoms with Gasteiger partial charge in [-0.1, -0.05) is 0 Å². The molecule has 0 spiro atoms. The number of hydrogen-bond donors (Lipinski definition) is 1. The van der Waals surface area contributed by atoms with Gasteiger partial charge in [0.1, 0.15) is 0 Å².